The summed E-state index contributed by atoms with van der Waals surface area (Å²) in [5, 5.41) is 3.52. The van der Waals surface area contributed by atoms with Crippen molar-refractivity contribution in [3.63, 3.8) is 0 Å². The Morgan fingerprint density at radius 2 is 1.73 bits per heavy atom. The van der Waals surface area contributed by atoms with E-state index in [0.717, 1.165) is 51.3 Å². The lowest BCUT2D eigenvalue weighted by Crippen LogP contribution is -2.48. The molecule has 0 unspecified atom stereocenters. The molecule has 2 aromatic rings. The van der Waals surface area contributed by atoms with Gasteiger partial charge in [-0.25, -0.2) is 0 Å². The number of halogens is 1. The van der Waals surface area contributed by atoms with Crippen LogP contribution in [0.5, 0.6) is 0 Å². The number of para-hydroxylation sites is 1. The molecule has 2 aliphatic rings. The lowest BCUT2D eigenvalue weighted by Gasteiger charge is -2.35. The minimum atomic E-state index is 0. The van der Waals surface area contributed by atoms with Crippen molar-refractivity contribution < 1.29 is 4.79 Å². The fraction of sp³-hybridized carbons (Fsp3) is 0.381. The van der Waals surface area contributed by atoms with Gasteiger partial charge in [0.25, 0.3) is 0 Å². The summed E-state index contributed by atoms with van der Waals surface area (Å²) < 4.78 is 0. The first-order chi connectivity index (χ1) is 12.3. The van der Waals surface area contributed by atoms with Gasteiger partial charge in [-0.3, -0.25) is 9.69 Å². The van der Waals surface area contributed by atoms with Gasteiger partial charge in [-0.1, -0.05) is 48.5 Å². The van der Waals surface area contributed by atoms with Crippen molar-refractivity contribution in [3.05, 3.63) is 65.2 Å². The van der Waals surface area contributed by atoms with E-state index in [9.17, 15) is 4.79 Å². The zero-order valence-corrected chi connectivity index (χ0v) is 15.8. The van der Waals surface area contributed by atoms with Crippen LogP contribution in [-0.4, -0.2) is 48.4 Å². The van der Waals surface area contributed by atoms with Crippen LogP contribution in [-0.2, 0) is 24.2 Å². The number of rotatable bonds is 4. The number of anilines is 1. The summed E-state index contributed by atoms with van der Waals surface area (Å²) >= 11 is 0. The van der Waals surface area contributed by atoms with Crippen LogP contribution in [0.4, 0.5) is 5.69 Å². The summed E-state index contributed by atoms with van der Waals surface area (Å²) in [6.45, 7) is 5.57. The van der Waals surface area contributed by atoms with Crippen LogP contribution in [0.2, 0.25) is 0 Å². The van der Waals surface area contributed by atoms with Gasteiger partial charge in [-0.15, -0.1) is 12.4 Å². The smallest absolute Gasteiger partial charge is 0.227 e. The van der Waals surface area contributed by atoms with Gasteiger partial charge in [-0.2, -0.15) is 0 Å². The molecule has 0 aromatic heterocycles. The second-order valence-corrected chi connectivity index (χ2v) is 6.95. The first-order valence-electron chi connectivity index (χ1n) is 9.18. The van der Waals surface area contributed by atoms with Gasteiger partial charge in [0.2, 0.25) is 5.91 Å². The van der Waals surface area contributed by atoms with Crippen molar-refractivity contribution in [3.8, 4) is 0 Å². The van der Waals surface area contributed by atoms with Crippen molar-refractivity contribution in [2.45, 2.75) is 19.4 Å². The molecule has 2 aromatic carbocycles. The van der Waals surface area contributed by atoms with Crippen LogP contribution in [0.15, 0.2) is 48.5 Å². The Bertz CT molecular complexity index is 742. The van der Waals surface area contributed by atoms with Crippen molar-refractivity contribution >= 4 is 24.0 Å². The Balaban J connectivity index is 0.00000196. The number of nitrogens with zero attached hydrogens (tertiary/aromatic N) is 2. The standard InChI is InChI=1S/C21H25N3O.ClH/c25-20(15-17-5-2-1-3-6-17)24-13-11-23(12-14-24)16-19-8-4-7-18-9-10-22-21(18)19;/h1-8,22H,9-16H2;1H. The summed E-state index contributed by atoms with van der Waals surface area (Å²) in [6, 6.07) is 16.6. The summed E-state index contributed by atoms with van der Waals surface area (Å²) in [5.74, 6) is 0.244. The average molecular weight is 372 g/mol. The third kappa shape index (κ3) is 4.19. The second kappa shape index (κ2) is 8.56. The predicted molar refractivity (Wildman–Crippen MR) is 108 cm³/mol. The highest BCUT2D eigenvalue weighted by Crippen LogP contribution is 2.27. The van der Waals surface area contributed by atoms with E-state index in [0.29, 0.717) is 6.42 Å². The largest absolute Gasteiger partial charge is 0.384 e. The number of carbonyl (C=O) groups is 1. The van der Waals surface area contributed by atoms with Gasteiger partial charge >= 0.3 is 0 Å². The number of fused-ring (bicyclic) bond motifs is 1. The van der Waals surface area contributed by atoms with Gasteiger partial charge in [0.05, 0.1) is 6.42 Å². The van der Waals surface area contributed by atoms with E-state index in [4.69, 9.17) is 0 Å². The van der Waals surface area contributed by atoms with E-state index in [-0.39, 0.29) is 18.3 Å². The SMILES string of the molecule is Cl.O=C(Cc1ccccc1)N1CCN(Cc2cccc3c2NCC3)CC1. The van der Waals surface area contributed by atoms with Crippen LogP contribution in [0.1, 0.15) is 16.7 Å². The first-order valence-corrected chi connectivity index (χ1v) is 9.18. The van der Waals surface area contributed by atoms with Crippen molar-refractivity contribution in [2.75, 3.05) is 38.0 Å². The van der Waals surface area contributed by atoms with Crippen molar-refractivity contribution in [1.29, 1.82) is 0 Å². The molecule has 26 heavy (non-hydrogen) atoms. The number of piperazine rings is 1. The molecule has 138 valence electrons. The van der Waals surface area contributed by atoms with E-state index in [1.54, 1.807) is 0 Å². The number of carbonyl (C=O) groups excluding carboxylic acids is 1. The fourth-order valence-electron chi connectivity index (χ4n) is 3.82. The molecule has 1 saturated heterocycles. The normalized spacial score (nSPS) is 16.5. The Morgan fingerprint density at radius 1 is 0.962 bits per heavy atom. The summed E-state index contributed by atoms with van der Waals surface area (Å²) in [5.41, 5.74) is 5.26. The van der Waals surface area contributed by atoms with Gasteiger partial charge in [0.15, 0.2) is 0 Å². The number of nitrogens with one attached hydrogen (secondary N) is 1. The second-order valence-electron chi connectivity index (χ2n) is 6.95. The third-order valence-corrected chi connectivity index (χ3v) is 5.25. The highest BCUT2D eigenvalue weighted by Gasteiger charge is 2.22. The molecule has 0 radical (unpaired) electrons. The lowest BCUT2D eigenvalue weighted by atomic mass is 10.1. The maximum absolute atomic E-state index is 12.5. The molecule has 2 aliphatic heterocycles. The van der Waals surface area contributed by atoms with Gasteiger partial charge in [0.1, 0.15) is 0 Å². The van der Waals surface area contributed by atoms with Crippen LogP contribution < -0.4 is 5.32 Å². The maximum Gasteiger partial charge on any atom is 0.227 e. The lowest BCUT2D eigenvalue weighted by molar-refractivity contribution is -0.132. The molecule has 4 rings (SSSR count). The van der Waals surface area contributed by atoms with Crippen LogP contribution in [0.3, 0.4) is 0 Å². The molecule has 0 saturated carbocycles. The maximum atomic E-state index is 12.5. The number of amides is 1. The minimum absolute atomic E-state index is 0. The molecule has 0 bridgehead atoms. The molecular weight excluding hydrogens is 346 g/mol. The van der Waals surface area contributed by atoms with E-state index in [2.05, 4.69) is 28.4 Å². The van der Waals surface area contributed by atoms with Crippen LogP contribution >= 0.6 is 12.4 Å². The Morgan fingerprint density at radius 3 is 2.50 bits per heavy atom. The molecule has 4 nitrogen and oxygen atoms in total. The number of benzene rings is 2. The topological polar surface area (TPSA) is 35.6 Å². The van der Waals surface area contributed by atoms with Crippen molar-refractivity contribution in [1.82, 2.24) is 9.80 Å². The quantitative estimate of drug-likeness (QED) is 0.897. The highest BCUT2D eigenvalue weighted by molar-refractivity contribution is 5.85. The predicted octanol–water partition coefficient (Wildman–Crippen LogP) is 2.96. The molecule has 2 heterocycles. The molecule has 0 atom stereocenters. The van der Waals surface area contributed by atoms with E-state index >= 15 is 0 Å². The third-order valence-electron chi connectivity index (χ3n) is 5.25. The Kier molecular flexibility index (Phi) is 6.17. The van der Waals surface area contributed by atoms with Crippen LogP contribution in [0, 0.1) is 0 Å². The van der Waals surface area contributed by atoms with Crippen LogP contribution in [0.25, 0.3) is 0 Å². The monoisotopic (exact) mass is 371 g/mol. The Hall–Kier alpha value is -2.04. The molecule has 0 aliphatic carbocycles. The fourth-order valence-corrected chi connectivity index (χ4v) is 3.82. The zero-order valence-electron chi connectivity index (χ0n) is 15.0. The highest BCUT2D eigenvalue weighted by atomic mass is 35.5. The molecule has 5 heteroatoms. The summed E-state index contributed by atoms with van der Waals surface area (Å²) in [4.78, 5) is 17.0. The first kappa shape index (κ1) is 18.7. The summed E-state index contributed by atoms with van der Waals surface area (Å²) in [6.07, 6.45) is 1.64. The Labute approximate surface area is 161 Å². The molecule has 1 N–H and O–H groups in total. The molecule has 1 fully saturated rings. The van der Waals surface area contributed by atoms with Gasteiger partial charge < -0.3 is 10.2 Å². The van der Waals surface area contributed by atoms with E-state index < -0.39 is 0 Å². The van der Waals surface area contributed by atoms with E-state index in [1.807, 2.05) is 35.2 Å². The number of hydrogen-bond donors (Lipinski definition) is 1. The van der Waals surface area contributed by atoms with E-state index in [1.165, 1.54) is 16.8 Å². The van der Waals surface area contributed by atoms with Gasteiger partial charge in [0, 0.05) is 45.0 Å². The number of hydrogen-bond acceptors (Lipinski definition) is 3. The average Bonchev–Trinajstić information content (AvgIpc) is 3.13. The zero-order chi connectivity index (χ0) is 17.1. The molecule has 1 amide bonds. The molecular formula is C21H26ClN3O. The summed E-state index contributed by atoms with van der Waals surface area (Å²) in [7, 11) is 0. The minimum Gasteiger partial charge on any atom is -0.384 e. The molecule has 0 spiro atoms. The van der Waals surface area contributed by atoms with Gasteiger partial charge in [-0.05, 0) is 23.1 Å². The van der Waals surface area contributed by atoms with Crippen molar-refractivity contribution in [2.24, 2.45) is 0 Å².